The molecular formula is C12H20N2S. The third-order valence-electron chi connectivity index (χ3n) is 2.13. The zero-order valence-electron chi connectivity index (χ0n) is 9.73. The number of rotatable bonds is 6. The van der Waals surface area contributed by atoms with Crippen LogP contribution in [0.15, 0.2) is 24.5 Å². The van der Waals surface area contributed by atoms with Crippen LogP contribution in [0.5, 0.6) is 0 Å². The predicted octanol–water partition coefficient (Wildman–Crippen LogP) is 2.87. The average molecular weight is 224 g/mol. The van der Waals surface area contributed by atoms with Gasteiger partial charge in [-0.1, -0.05) is 26.8 Å². The van der Waals surface area contributed by atoms with Crippen molar-refractivity contribution >= 4 is 11.8 Å². The van der Waals surface area contributed by atoms with Gasteiger partial charge in [0.25, 0.3) is 0 Å². The normalized spacial score (nSPS) is 13.1. The van der Waals surface area contributed by atoms with Crippen molar-refractivity contribution in [1.29, 1.82) is 0 Å². The van der Waals surface area contributed by atoms with Gasteiger partial charge in [0.05, 0.1) is 0 Å². The highest BCUT2D eigenvalue weighted by Gasteiger charge is 2.10. The lowest BCUT2D eigenvalue weighted by Gasteiger charge is -2.18. The minimum absolute atomic E-state index is 0.427. The molecule has 0 aliphatic carbocycles. The summed E-state index contributed by atoms with van der Waals surface area (Å²) in [4.78, 5) is 4.17. The highest BCUT2D eigenvalue weighted by molar-refractivity contribution is 7.99. The first-order valence-electron chi connectivity index (χ1n) is 5.49. The van der Waals surface area contributed by atoms with Gasteiger partial charge in [-0.3, -0.25) is 4.98 Å². The van der Waals surface area contributed by atoms with E-state index >= 15 is 0 Å². The van der Waals surface area contributed by atoms with Crippen LogP contribution >= 0.6 is 11.8 Å². The zero-order chi connectivity index (χ0) is 11.1. The molecule has 15 heavy (non-hydrogen) atoms. The molecule has 0 aromatic carbocycles. The Labute approximate surface area is 96.9 Å². The summed E-state index contributed by atoms with van der Waals surface area (Å²) in [6, 6.07) is 4.57. The molecule has 1 aromatic rings. The van der Waals surface area contributed by atoms with E-state index in [1.54, 1.807) is 0 Å². The third kappa shape index (κ3) is 4.67. The molecule has 0 fully saturated rings. The Hall–Kier alpha value is -0.540. The van der Waals surface area contributed by atoms with E-state index in [1.165, 1.54) is 5.56 Å². The third-order valence-corrected chi connectivity index (χ3v) is 3.33. The molecule has 0 aliphatic rings. The molecule has 3 heteroatoms. The van der Waals surface area contributed by atoms with Crippen molar-refractivity contribution in [2.75, 3.05) is 12.3 Å². The van der Waals surface area contributed by atoms with Crippen LogP contribution in [0.25, 0.3) is 0 Å². The lowest BCUT2D eigenvalue weighted by Crippen LogP contribution is -2.23. The van der Waals surface area contributed by atoms with Crippen LogP contribution in [0.4, 0.5) is 0 Å². The van der Waals surface area contributed by atoms with Crippen LogP contribution in [0.1, 0.15) is 32.4 Å². The van der Waals surface area contributed by atoms with E-state index in [-0.39, 0.29) is 0 Å². The largest absolute Gasteiger partial charge is 0.309 e. The molecule has 1 aromatic heterocycles. The van der Waals surface area contributed by atoms with E-state index in [1.807, 2.05) is 30.2 Å². The van der Waals surface area contributed by atoms with Crippen LogP contribution in [-0.2, 0) is 0 Å². The van der Waals surface area contributed by atoms with Gasteiger partial charge in [0.15, 0.2) is 0 Å². The van der Waals surface area contributed by atoms with Gasteiger partial charge in [0.2, 0.25) is 0 Å². The lowest BCUT2D eigenvalue weighted by molar-refractivity contribution is 0.603. The summed E-state index contributed by atoms with van der Waals surface area (Å²) in [5, 5.41) is 4.18. The van der Waals surface area contributed by atoms with Crippen LogP contribution in [-0.4, -0.2) is 22.5 Å². The fraction of sp³-hybridized carbons (Fsp3) is 0.583. The van der Waals surface area contributed by atoms with Crippen molar-refractivity contribution in [3.8, 4) is 0 Å². The van der Waals surface area contributed by atoms with Gasteiger partial charge < -0.3 is 5.32 Å². The maximum absolute atomic E-state index is 4.17. The fourth-order valence-electron chi connectivity index (χ4n) is 1.39. The van der Waals surface area contributed by atoms with Gasteiger partial charge in [-0.05, 0) is 23.4 Å². The molecule has 0 spiro atoms. The lowest BCUT2D eigenvalue weighted by atomic mass is 10.1. The van der Waals surface area contributed by atoms with Crippen LogP contribution in [0, 0.1) is 0 Å². The molecule has 0 saturated carbocycles. The smallest absolute Gasteiger partial charge is 0.0427 e. The minimum atomic E-state index is 0.427. The van der Waals surface area contributed by atoms with Gasteiger partial charge in [-0.2, -0.15) is 11.8 Å². The molecule has 0 aliphatic heterocycles. The Bertz CT molecular complexity index is 262. The number of thioether (sulfide) groups is 1. The molecule has 1 heterocycles. The Morgan fingerprint density at radius 2 is 2.27 bits per heavy atom. The maximum Gasteiger partial charge on any atom is 0.0427 e. The van der Waals surface area contributed by atoms with E-state index < -0.39 is 0 Å². The summed E-state index contributed by atoms with van der Waals surface area (Å²) in [6.45, 7) is 7.61. The van der Waals surface area contributed by atoms with Crippen LogP contribution < -0.4 is 5.32 Å². The number of nitrogens with one attached hydrogen (secondary N) is 1. The average Bonchev–Trinajstić information content (AvgIpc) is 2.25. The van der Waals surface area contributed by atoms with Crippen molar-refractivity contribution in [1.82, 2.24) is 10.3 Å². The molecule has 84 valence electrons. The molecular weight excluding hydrogens is 204 g/mol. The monoisotopic (exact) mass is 224 g/mol. The molecule has 0 radical (unpaired) electrons. The molecule has 1 atom stereocenters. The molecule has 1 rings (SSSR count). The van der Waals surface area contributed by atoms with Gasteiger partial charge in [0.1, 0.15) is 0 Å². The van der Waals surface area contributed by atoms with Crippen molar-refractivity contribution in [3.05, 3.63) is 30.1 Å². The Kier molecular flexibility index (Phi) is 5.73. The number of nitrogens with zero attached hydrogens (tertiary/aromatic N) is 1. The van der Waals surface area contributed by atoms with E-state index in [9.17, 15) is 0 Å². The predicted molar refractivity (Wildman–Crippen MR) is 68.2 cm³/mol. The fourth-order valence-corrected chi connectivity index (χ4v) is 2.28. The van der Waals surface area contributed by atoms with E-state index in [0.717, 1.165) is 12.3 Å². The minimum Gasteiger partial charge on any atom is -0.309 e. The summed E-state index contributed by atoms with van der Waals surface area (Å²) in [6.07, 6.45) is 3.77. The standard InChI is InChI=1S/C12H20N2S/c1-4-14-12(9-15-10(2)3)11-6-5-7-13-8-11/h5-8,10,12,14H,4,9H2,1-3H3. The second-order valence-electron chi connectivity index (χ2n) is 3.78. The molecule has 0 bridgehead atoms. The van der Waals surface area contributed by atoms with Gasteiger partial charge >= 0.3 is 0 Å². The summed E-state index contributed by atoms with van der Waals surface area (Å²) >= 11 is 1.98. The van der Waals surface area contributed by atoms with Crippen LogP contribution in [0.3, 0.4) is 0 Å². The first kappa shape index (κ1) is 12.5. The van der Waals surface area contributed by atoms with Gasteiger partial charge in [-0.25, -0.2) is 0 Å². The molecule has 0 saturated heterocycles. The van der Waals surface area contributed by atoms with Crippen molar-refractivity contribution < 1.29 is 0 Å². The van der Waals surface area contributed by atoms with E-state index in [2.05, 4.69) is 37.1 Å². The highest BCUT2D eigenvalue weighted by Crippen LogP contribution is 2.20. The summed E-state index contributed by atoms with van der Waals surface area (Å²) in [5.74, 6) is 1.11. The van der Waals surface area contributed by atoms with Gasteiger partial charge in [0, 0.05) is 24.2 Å². The maximum atomic E-state index is 4.17. The molecule has 1 unspecified atom stereocenters. The molecule has 2 nitrogen and oxygen atoms in total. The first-order chi connectivity index (χ1) is 7.24. The number of hydrogen-bond donors (Lipinski definition) is 1. The van der Waals surface area contributed by atoms with Crippen LogP contribution in [0.2, 0.25) is 0 Å². The summed E-state index contributed by atoms with van der Waals surface area (Å²) in [5.41, 5.74) is 1.28. The Morgan fingerprint density at radius 1 is 1.47 bits per heavy atom. The SMILES string of the molecule is CCNC(CSC(C)C)c1cccnc1. The van der Waals surface area contributed by atoms with E-state index in [4.69, 9.17) is 0 Å². The van der Waals surface area contributed by atoms with Crippen molar-refractivity contribution in [2.24, 2.45) is 0 Å². The number of aromatic nitrogens is 1. The van der Waals surface area contributed by atoms with Crippen molar-refractivity contribution in [2.45, 2.75) is 32.1 Å². The Balaban J connectivity index is 2.57. The van der Waals surface area contributed by atoms with E-state index in [0.29, 0.717) is 11.3 Å². The first-order valence-corrected chi connectivity index (χ1v) is 6.53. The van der Waals surface area contributed by atoms with Crippen molar-refractivity contribution in [3.63, 3.8) is 0 Å². The van der Waals surface area contributed by atoms with Gasteiger partial charge in [-0.15, -0.1) is 0 Å². The summed E-state index contributed by atoms with van der Waals surface area (Å²) < 4.78 is 0. The highest BCUT2D eigenvalue weighted by atomic mass is 32.2. The summed E-state index contributed by atoms with van der Waals surface area (Å²) in [7, 11) is 0. The zero-order valence-corrected chi connectivity index (χ0v) is 10.6. The molecule has 0 amide bonds. The topological polar surface area (TPSA) is 24.9 Å². The molecule has 1 N–H and O–H groups in total. The number of pyridine rings is 1. The Morgan fingerprint density at radius 3 is 2.80 bits per heavy atom. The number of hydrogen-bond acceptors (Lipinski definition) is 3. The quantitative estimate of drug-likeness (QED) is 0.804. The second kappa shape index (κ2) is 6.85. The second-order valence-corrected chi connectivity index (χ2v) is 5.39.